The minimum absolute atomic E-state index is 0.184. The van der Waals surface area contributed by atoms with Crippen LogP contribution in [0.15, 0.2) is 30.9 Å². The molecule has 0 aliphatic heterocycles. The van der Waals surface area contributed by atoms with Gasteiger partial charge in [-0.2, -0.15) is 5.10 Å². The van der Waals surface area contributed by atoms with Gasteiger partial charge in [0.15, 0.2) is 0 Å². The molecule has 1 unspecified atom stereocenters. The molecule has 17 heavy (non-hydrogen) atoms. The second-order valence-electron chi connectivity index (χ2n) is 3.37. The van der Waals surface area contributed by atoms with E-state index in [1.54, 1.807) is 0 Å². The number of aliphatic carboxylic acids is 1. The molecule has 0 saturated heterocycles. The minimum atomic E-state index is -1.24. The van der Waals surface area contributed by atoms with E-state index in [2.05, 4.69) is 10.1 Å². The van der Waals surface area contributed by atoms with Gasteiger partial charge in [-0.15, -0.1) is 0 Å². The van der Waals surface area contributed by atoms with Gasteiger partial charge in [-0.3, -0.25) is 4.79 Å². The number of carboxylic acids is 1. The van der Waals surface area contributed by atoms with Crippen molar-refractivity contribution in [2.75, 3.05) is 0 Å². The Kier molecular flexibility index (Phi) is 2.84. The number of nitrogens with zero attached hydrogens (tertiary/aromatic N) is 3. The second-order valence-corrected chi connectivity index (χ2v) is 3.37. The first-order chi connectivity index (χ1) is 8.09. The lowest BCUT2D eigenvalue weighted by molar-refractivity contribution is -0.138. The Balaban J connectivity index is 2.39. The fourth-order valence-electron chi connectivity index (χ4n) is 1.38. The summed E-state index contributed by atoms with van der Waals surface area (Å²) in [7, 11) is 0. The number of nitrogens with two attached hydrogens (primary N) is 1. The summed E-state index contributed by atoms with van der Waals surface area (Å²) < 4.78 is 14.9. The van der Waals surface area contributed by atoms with Gasteiger partial charge in [-0.25, -0.2) is 14.1 Å². The van der Waals surface area contributed by atoms with E-state index in [0.717, 1.165) is 6.07 Å². The molecule has 2 aromatic rings. The molecule has 7 heteroatoms. The second kappa shape index (κ2) is 4.30. The molecule has 0 saturated carbocycles. The van der Waals surface area contributed by atoms with Crippen LogP contribution in [0, 0.1) is 5.82 Å². The monoisotopic (exact) mass is 236 g/mol. The van der Waals surface area contributed by atoms with Crippen LogP contribution >= 0.6 is 0 Å². The topological polar surface area (TPSA) is 94.0 Å². The molecule has 0 fully saturated rings. The van der Waals surface area contributed by atoms with Crippen LogP contribution in [0.2, 0.25) is 0 Å². The number of hydrogen-bond acceptors (Lipinski definition) is 4. The Morgan fingerprint density at radius 3 is 2.82 bits per heavy atom. The lowest BCUT2D eigenvalue weighted by Crippen LogP contribution is -2.20. The van der Waals surface area contributed by atoms with Crippen LogP contribution < -0.4 is 5.73 Å². The van der Waals surface area contributed by atoms with Crippen LogP contribution in [0.4, 0.5) is 4.39 Å². The third-order valence-corrected chi connectivity index (χ3v) is 2.26. The molecule has 0 spiro atoms. The molecule has 1 atom stereocenters. The van der Waals surface area contributed by atoms with Crippen LogP contribution in [-0.4, -0.2) is 25.8 Å². The zero-order valence-corrected chi connectivity index (χ0v) is 8.62. The van der Waals surface area contributed by atoms with Crippen molar-refractivity contribution in [3.63, 3.8) is 0 Å². The molecule has 3 N–H and O–H groups in total. The molecule has 2 rings (SSSR count). The quantitative estimate of drug-likeness (QED) is 0.808. The molecule has 6 nitrogen and oxygen atoms in total. The third kappa shape index (κ3) is 2.13. The van der Waals surface area contributed by atoms with E-state index in [0.29, 0.717) is 0 Å². The summed E-state index contributed by atoms with van der Waals surface area (Å²) in [6.45, 7) is 0. The summed E-state index contributed by atoms with van der Waals surface area (Å²) in [4.78, 5) is 14.3. The maximum absolute atomic E-state index is 13.7. The molecular weight excluding hydrogens is 227 g/mol. The molecular formula is C10H9FN4O2. The van der Waals surface area contributed by atoms with Gasteiger partial charge in [-0.05, 0) is 17.7 Å². The summed E-state index contributed by atoms with van der Waals surface area (Å²) in [5, 5.41) is 12.5. The Labute approximate surface area is 95.5 Å². The summed E-state index contributed by atoms with van der Waals surface area (Å²) in [6.07, 6.45) is 2.62. The van der Waals surface area contributed by atoms with Gasteiger partial charge in [0.2, 0.25) is 0 Å². The van der Waals surface area contributed by atoms with Crippen LogP contribution in [0.3, 0.4) is 0 Å². The van der Waals surface area contributed by atoms with E-state index >= 15 is 0 Å². The lowest BCUT2D eigenvalue weighted by Gasteiger charge is -2.08. The first-order valence-electron chi connectivity index (χ1n) is 4.72. The number of rotatable bonds is 3. The summed E-state index contributed by atoms with van der Waals surface area (Å²) in [6, 6.07) is 2.69. The van der Waals surface area contributed by atoms with Crippen LogP contribution in [-0.2, 0) is 4.79 Å². The van der Waals surface area contributed by atoms with Crippen LogP contribution in [0.1, 0.15) is 11.6 Å². The van der Waals surface area contributed by atoms with Gasteiger partial charge in [0.25, 0.3) is 0 Å². The fourth-order valence-corrected chi connectivity index (χ4v) is 1.38. The first kappa shape index (κ1) is 11.2. The highest BCUT2D eigenvalue weighted by Crippen LogP contribution is 2.17. The zero-order valence-electron chi connectivity index (χ0n) is 8.62. The molecule has 0 aliphatic carbocycles. The van der Waals surface area contributed by atoms with Crippen molar-refractivity contribution in [3.05, 3.63) is 42.2 Å². The highest BCUT2D eigenvalue weighted by molar-refractivity contribution is 5.75. The number of carboxylic acid groups (broad SMARTS) is 1. The van der Waals surface area contributed by atoms with Gasteiger partial charge in [0.1, 0.15) is 30.2 Å². The number of hydrogen-bond donors (Lipinski definition) is 2. The van der Waals surface area contributed by atoms with E-state index in [-0.39, 0.29) is 11.3 Å². The molecule has 1 aromatic carbocycles. The van der Waals surface area contributed by atoms with E-state index < -0.39 is 17.8 Å². The van der Waals surface area contributed by atoms with E-state index in [1.807, 2.05) is 0 Å². The molecule has 0 aliphatic rings. The molecule has 0 amide bonds. The van der Waals surface area contributed by atoms with E-state index in [9.17, 15) is 9.18 Å². The average molecular weight is 236 g/mol. The fraction of sp³-hybridized carbons (Fsp3) is 0.100. The number of aromatic nitrogens is 3. The van der Waals surface area contributed by atoms with E-state index in [4.69, 9.17) is 10.8 Å². The number of benzene rings is 1. The van der Waals surface area contributed by atoms with Crippen molar-refractivity contribution in [1.82, 2.24) is 14.8 Å². The van der Waals surface area contributed by atoms with Gasteiger partial charge in [-0.1, -0.05) is 6.07 Å². The van der Waals surface area contributed by atoms with Crippen LogP contribution in [0.25, 0.3) is 5.69 Å². The smallest absolute Gasteiger partial charge is 0.325 e. The zero-order chi connectivity index (χ0) is 12.4. The highest BCUT2D eigenvalue weighted by Gasteiger charge is 2.16. The lowest BCUT2D eigenvalue weighted by atomic mass is 10.1. The normalized spacial score (nSPS) is 12.4. The Morgan fingerprint density at radius 1 is 1.53 bits per heavy atom. The molecule has 88 valence electrons. The summed E-state index contributed by atoms with van der Waals surface area (Å²) >= 11 is 0. The van der Waals surface area contributed by atoms with Crippen LogP contribution in [0.5, 0.6) is 0 Å². The molecule has 1 heterocycles. The number of carbonyl (C=O) groups is 1. The summed E-state index contributed by atoms with van der Waals surface area (Å²) in [5.74, 6) is -1.82. The average Bonchev–Trinajstić information content (AvgIpc) is 2.81. The van der Waals surface area contributed by atoms with Crippen molar-refractivity contribution in [2.24, 2.45) is 5.73 Å². The molecule has 0 radical (unpaired) electrons. The van der Waals surface area contributed by atoms with Crippen molar-refractivity contribution in [1.29, 1.82) is 0 Å². The molecule has 0 bridgehead atoms. The largest absolute Gasteiger partial charge is 0.480 e. The van der Waals surface area contributed by atoms with Crippen molar-refractivity contribution in [2.45, 2.75) is 6.04 Å². The number of halogens is 1. The van der Waals surface area contributed by atoms with Gasteiger partial charge >= 0.3 is 5.97 Å². The minimum Gasteiger partial charge on any atom is -0.480 e. The maximum Gasteiger partial charge on any atom is 0.325 e. The Morgan fingerprint density at radius 2 is 2.29 bits per heavy atom. The van der Waals surface area contributed by atoms with Gasteiger partial charge in [0, 0.05) is 0 Å². The van der Waals surface area contributed by atoms with Crippen molar-refractivity contribution >= 4 is 5.97 Å². The maximum atomic E-state index is 13.7. The standard InChI is InChI=1S/C10H9FN4O2/c11-7-3-6(9(12)10(16)17)1-2-8(7)15-5-13-4-14-15/h1-5,9H,12H2,(H,16,17). The first-order valence-corrected chi connectivity index (χ1v) is 4.72. The van der Waals surface area contributed by atoms with Crippen molar-refractivity contribution < 1.29 is 14.3 Å². The Bertz CT molecular complexity index is 541. The highest BCUT2D eigenvalue weighted by atomic mass is 19.1. The van der Waals surface area contributed by atoms with Crippen molar-refractivity contribution in [3.8, 4) is 5.69 Å². The van der Waals surface area contributed by atoms with Gasteiger partial charge in [0.05, 0.1) is 0 Å². The third-order valence-electron chi connectivity index (χ3n) is 2.26. The Hall–Kier alpha value is -2.28. The predicted octanol–water partition coefficient (Wildman–Crippen LogP) is 0.491. The predicted molar refractivity (Wildman–Crippen MR) is 55.9 cm³/mol. The van der Waals surface area contributed by atoms with E-state index in [1.165, 1.54) is 29.5 Å². The SMILES string of the molecule is NC(C(=O)O)c1ccc(-n2cncn2)c(F)c1. The molecule has 1 aromatic heterocycles. The van der Waals surface area contributed by atoms with Gasteiger partial charge < -0.3 is 10.8 Å². The summed E-state index contributed by atoms with van der Waals surface area (Å²) in [5.41, 5.74) is 5.75.